The van der Waals surface area contributed by atoms with Gasteiger partial charge in [-0.05, 0) is 18.2 Å². The van der Waals surface area contributed by atoms with Crippen LogP contribution in [0.25, 0.3) is 22.2 Å². The van der Waals surface area contributed by atoms with Crippen LogP contribution in [0.4, 0.5) is 4.39 Å². The Labute approximate surface area is 94.7 Å². The topological polar surface area (TPSA) is 58.9 Å². The van der Waals surface area contributed by atoms with Crippen molar-refractivity contribution in [3.8, 4) is 11.3 Å². The third-order valence-corrected chi connectivity index (χ3v) is 2.47. The zero-order chi connectivity index (χ0) is 11.8. The number of H-pyrrole nitrogens is 1. The molecule has 1 aromatic carbocycles. The molecule has 0 spiro atoms. The average molecular weight is 230 g/mol. The second-order valence-corrected chi connectivity index (χ2v) is 3.58. The molecule has 1 N–H and O–H groups in total. The molecule has 0 radical (unpaired) electrons. The minimum atomic E-state index is -0.532. The molecule has 0 aliphatic rings. The molecule has 0 unspecified atom stereocenters. The van der Waals surface area contributed by atoms with Crippen molar-refractivity contribution in [3.63, 3.8) is 0 Å². The van der Waals surface area contributed by atoms with E-state index in [2.05, 4.69) is 9.97 Å². The Morgan fingerprint density at radius 1 is 1.29 bits per heavy atom. The molecule has 3 aromatic rings. The largest absolute Gasteiger partial charge is 0.422 e. The molecule has 0 fully saturated rings. The zero-order valence-corrected chi connectivity index (χ0v) is 8.61. The summed E-state index contributed by atoms with van der Waals surface area (Å²) in [5.41, 5.74) is 0.555. The Kier molecular flexibility index (Phi) is 2.04. The SMILES string of the molecule is O=c1oc2cc(F)ccc2cc1-c1c[nH]cn1. The lowest BCUT2D eigenvalue weighted by Crippen LogP contribution is -2.02. The third-order valence-electron chi connectivity index (χ3n) is 2.47. The van der Waals surface area contributed by atoms with Crippen molar-refractivity contribution in [2.75, 3.05) is 0 Å². The van der Waals surface area contributed by atoms with Crippen LogP contribution in [0.3, 0.4) is 0 Å². The summed E-state index contributed by atoms with van der Waals surface area (Å²) in [6, 6.07) is 5.70. The highest BCUT2D eigenvalue weighted by Crippen LogP contribution is 2.19. The number of aromatic nitrogens is 2. The molecular weight excluding hydrogens is 223 g/mol. The Morgan fingerprint density at radius 3 is 2.94 bits per heavy atom. The predicted octanol–water partition coefficient (Wildman–Crippen LogP) is 2.32. The second-order valence-electron chi connectivity index (χ2n) is 3.58. The number of benzene rings is 1. The summed E-state index contributed by atoms with van der Waals surface area (Å²) in [6.45, 7) is 0. The van der Waals surface area contributed by atoms with E-state index >= 15 is 0 Å². The van der Waals surface area contributed by atoms with Crippen molar-refractivity contribution in [2.24, 2.45) is 0 Å². The van der Waals surface area contributed by atoms with Crippen LogP contribution >= 0.6 is 0 Å². The second kappa shape index (κ2) is 3.55. The van der Waals surface area contributed by atoms with Crippen molar-refractivity contribution in [2.45, 2.75) is 0 Å². The fourth-order valence-corrected chi connectivity index (χ4v) is 1.67. The van der Waals surface area contributed by atoms with Gasteiger partial charge in [-0.25, -0.2) is 14.2 Å². The first-order valence-corrected chi connectivity index (χ1v) is 4.96. The Morgan fingerprint density at radius 2 is 2.18 bits per heavy atom. The van der Waals surface area contributed by atoms with Crippen LogP contribution in [0, 0.1) is 5.82 Å². The fraction of sp³-hybridized carbons (Fsp3) is 0. The van der Waals surface area contributed by atoms with Gasteiger partial charge in [-0.15, -0.1) is 0 Å². The molecule has 0 amide bonds. The first-order chi connectivity index (χ1) is 8.24. The maximum atomic E-state index is 13.0. The molecular formula is C12H7FN2O2. The highest BCUT2D eigenvalue weighted by Gasteiger charge is 2.09. The molecule has 0 saturated carbocycles. The van der Waals surface area contributed by atoms with E-state index in [4.69, 9.17) is 4.42 Å². The first kappa shape index (κ1) is 9.77. The van der Waals surface area contributed by atoms with E-state index in [-0.39, 0.29) is 5.58 Å². The summed E-state index contributed by atoms with van der Waals surface area (Å²) in [6.07, 6.45) is 3.07. The standard InChI is InChI=1S/C12H7FN2O2/c13-8-2-1-7-3-9(10-5-14-6-15-10)12(16)17-11(7)4-8/h1-6H,(H,14,15). The zero-order valence-electron chi connectivity index (χ0n) is 8.61. The van der Waals surface area contributed by atoms with Gasteiger partial charge in [-0.3, -0.25) is 0 Å². The van der Waals surface area contributed by atoms with E-state index < -0.39 is 11.4 Å². The van der Waals surface area contributed by atoms with Crippen LogP contribution < -0.4 is 5.63 Å². The van der Waals surface area contributed by atoms with Crippen LogP contribution in [0.15, 0.2) is 46.0 Å². The Hall–Kier alpha value is -2.43. The summed E-state index contributed by atoms with van der Waals surface area (Å²) in [7, 11) is 0. The lowest BCUT2D eigenvalue weighted by atomic mass is 10.1. The summed E-state index contributed by atoms with van der Waals surface area (Å²) >= 11 is 0. The molecule has 0 bridgehead atoms. The van der Waals surface area contributed by atoms with Gasteiger partial charge in [0.1, 0.15) is 11.4 Å². The van der Waals surface area contributed by atoms with E-state index in [1.807, 2.05) is 0 Å². The summed E-state index contributed by atoms with van der Waals surface area (Å²) in [4.78, 5) is 18.4. The number of hydrogen-bond donors (Lipinski definition) is 1. The number of imidazole rings is 1. The number of halogens is 1. The van der Waals surface area contributed by atoms with Crippen LogP contribution in [-0.4, -0.2) is 9.97 Å². The summed E-state index contributed by atoms with van der Waals surface area (Å²) < 4.78 is 18.0. The quantitative estimate of drug-likeness (QED) is 0.652. The maximum absolute atomic E-state index is 13.0. The molecule has 3 rings (SSSR count). The molecule has 0 saturated heterocycles. The average Bonchev–Trinajstić information content (AvgIpc) is 2.81. The molecule has 17 heavy (non-hydrogen) atoms. The van der Waals surface area contributed by atoms with Gasteiger partial charge < -0.3 is 9.40 Å². The van der Waals surface area contributed by atoms with Crippen LogP contribution in [0.1, 0.15) is 0 Å². The van der Waals surface area contributed by atoms with Gasteiger partial charge in [0.25, 0.3) is 0 Å². The fourth-order valence-electron chi connectivity index (χ4n) is 1.67. The number of fused-ring (bicyclic) bond motifs is 1. The van der Waals surface area contributed by atoms with Crippen molar-refractivity contribution < 1.29 is 8.81 Å². The van der Waals surface area contributed by atoms with E-state index in [1.54, 1.807) is 18.3 Å². The molecule has 5 heteroatoms. The highest BCUT2D eigenvalue weighted by molar-refractivity contribution is 5.80. The van der Waals surface area contributed by atoms with Gasteiger partial charge in [0.05, 0.1) is 17.6 Å². The predicted molar refractivity (Wildman–Crippen MR) is 60.0 cm³/mol. The van der Waals surface area contributed by atoms with E-state index in [1.165, 1.54) is 18.5 Å². The Bertz CT molecular complexity index is 732. The third kappa shape index (κ3) is 1.61. The molecule has 4 nitrogen and oxygen atoms in total. The van der Waals surface area contributed by atoms with Crippen molar-refractivity contribution in [1.29, 1.82) is 0 Å². The van der Waals surface area contributed by atoms with Gasteiger partial charge in [-0.1, -0.05) is 0 Å². The molecule has 0 aliphatic heterocycles. The lowest BCUT2D eigenvalue weighted by molar-refractivity contribution is 0.556. The smallest absolute Gasteiger partial charge is 0.345 e. The number of nitrogens with zero attached hydrogens (tertiary/aromatic N) is 1. The highest BCUT2D eigenvalue weighted by atomic mass is 19.1. The molecule has 84 valence electrons. The van der Waals surface area contributed by atoms with Gasteiger partial charge in [0, 0.05) is 17.6 Å². The van der Waals surface area contributed by atoms with Crippen LogP contribution in [0.2, 0.25) is 0 Å². The van der Waals surface area contributed by atoms with Crippen molar-refractivity contribution in [3.05, 3.63) is 53.0 Å². The minimum Gasteiger partial charge on any atom is -0.422 e. The number of rotatable bonds is 1. The van der Waals surface area contributed by atoms with Gasteiger partial charge in [0.2, 0.25) is 0 Å². The van der Waals surface area contributed by atoms with E-state index in [9.17, 15) is 9.18 Å². The lowest BCUT2D eigenvalue weighted by Gasteiger charge is -1.99. The van der Waals surface area contributed by atoms with Crippen molar-refractivity contribution in [1.82, 2.24) is 9.97 Å². The van der Waals surface area contributed by atoms with Gasteiger partial charge in [0.15, 0.2) is 0 Å². The molecule has 0 aliphatic carbocycles. The number of aromatic amines is 1. The van der Waals surface area contributed by atoms with E-state index in [0.29, 0.717) is 16.6 Å². The first-order valence-electron chi connectivity index (χ1n) is 4.96. The normalized spacial score (nSPS) is 10.9. The summed E-state index contributed by atoms with van der Waals surface area (Å²) in [5, 5.41) is 0.656. The number of hydrogen-bond acceptors (Lipinski definition) is 3. The number of nitrogens with one attached hydrogen (secondary N) is 1. The van der Waals surface area contributed by atoms with Gasteiger partial charge in [-0.2, -0.15) is 0 Å². The Balaban J connectivity index is 2.32. The minimum absolute atomic E-state index is 0.231. The van der Waals surface area contributed by atoms with E-state index in [0.717, 1.165) is 0 Å². The van der Waals surface area contributed by atoms with Crippen LogP contribution in [0.5, 0.6) is 0 Å². The molecule has 2 heterocycles. The van der Waals surface area contributed by atoms with Crippen LogP contribution in [-0.2, 0) is 0 Å². The molecule has 2 aromatic heterocycles. The monoisotopic (exact) mass is 230 g/mol. The maximum Gasteiger partial charge on any atom is 0.345 e. The molecule has 0 atom stereocenters. The summed E-state index contributed by atoms with van der Waals surface area (Å²) in [5.74, 6) is -0.437. The van der Waals surface area contributed by atoms with Crippen molar-refractivity contribution >= 4 is 11.0 Å². The van der Waals surface area contributed by atoms with Gasteiger partial charge >= 0.3 is 5.63 Å².